The Hall–Kier alpha value is -2.47. The minimum Gasteiger partial charge on any atom is -0.311 e. The normalized spacial score (nSPS) is 10.7. The van der Waals surface area contributed by atoms with Gasteiger partial charge in [0.1, 0.15) is 5.82 Å². The van der Waals surface area contributed by atoms with Crippen molar-refractivity contribution in [2.45, 2.75) is 12.8 Å². The zero-order valence-electron chi connectivity index (χ0n) is 12.2. The van der Waals surface area contributed by atoms with Gasteiger partial charge in [-0.15, -0.1) is 0 Å². The fourth-order valence-electron chi connectivity index (χ4n) is 2.30. The molecule has 0 saturated carbocycles. The molecular formula is C17H14BrN3O2. The minimum atomic E-state index is -0.232. The summed E-state index contributed by atoms with van der Waals surface area (Å²) in [6.45, 7) is 0. The summed E-state index contributed by atoms with van der Waals surface area (Å²) in [5.41, 5.74) is 0.854. The van der Waals surface area contributed by atoms with E-state index >= 15 is 0 Å². The molecule has 0 saturated heterocycles. The third-order valence-electron chi connectivity index (χ3n) is 3.43. The van der Waals surface area contributed by atoms with Crippen LogP contribution in [-0.2, 0) is 4.79 Å². The second kappa shape index (κ2) is 6.75. The molecule has 3 rings (SSSR count). The molecule has 1 aromatic carbocycles. The number of halogens is 1. The van der Waals surface area contributed by atoms with Gasteiger partial charge in [0, 0.05) is 35.1 Å². The third kappa shape index (κ3) is 3.65. The number of amides is 1. The van der Waals surface area contributed by atoms with Gasteiger partial charge < -0.3 is 5.32 Å². The van der Waals surface area contributed by atoms with Crippen molar-refractivity contribution in [3.8, 4) is 0 Å². The SMILES string of the molecule is O=C(CCC(=O)n1ccc2ccccc21)Nc1ccc(Br)cn1. The number of hydrogen-bond donors (Lipinski definition) is 1. The lowest BCUT2D eigenvalue weighted by atomic mass is 10.2. The zero-order chi connectivity index (χ0) is 16.2. The van der Waals surface area contributed by atoms with Crippen LogP contribution in [0.5, 0.6) is 0 Å². The highest BCUT2D eigenvalue weighted by Crippen LogP contribution is 2.16. The van der Waals surface area contributed by atoms with Gasteiger partial charge in [0.2, 0.25) is 11.8 Å². The average molecular weight is 372 g/mol. The molecule has 3 aromatic rings. The zero-order valence-corrected chi connectivity index (χ0v) is 13.8. The first-order valence-electron chi connectivity index (χ1n) is 7.14. The second-order valence-electron chi connectivity index (χ2n) is 5.05. The fourth-order valence-corrected chi connectivity index (χ4v) is 2.53. The minimum absolute atomic E-state index is 0.106. The standard InChI is InChI=1S/C17H14BrN3O2/c18-13-5-6-15(19-11-13)20-16(22)7-8-17(23)21-10-9-12-3-1-2-4-14(12)21/h1-6,9-11H,7-8H2,(H,19,20,22). The predicted octanol–water partition coefficient (Wildman–Crippen LogP) is 3.86. The van der Waals surface area contributed by atoms with Crippen LogP contribution in [-0.4, -0.2) is 21.4 Å². The van der Waals surface area contributed by atoms with Gasteiger partial charge in [0.15, 0.2) is 0 Å². The highest BCUT2D eigenvalue weighted by atomic mass is 79.9. The van der Waals surface area contributed by atoms with E-state index in [2.05, 4.69) is 26.2 Å². The van der Waals surface area contributed by atoms with E-state index in [1.54, 1.807) is 29.1 Å². The molecule has 0 unspecified atom stereocenters. The Morgan fingerprint density at radius 2 is 1.91 bits per heavy atom. The monoisotopic (exact) mass is 371 g/mol. The molecule has 23 heavy (non-hydrogen) atoms. The molecule has 6 heteroatoms. The van der Waals surface area contributed by atoms with Crippen molar-refractivity contribution >= 4 is 44.5 Å². The molecule has 0 aliphatic rings. The van der Waals surface area contributed by atoms with E-state index in [0.29, 0.717) is 5.82 Å². The quantitative estimate of drug-likeness (QED) is 0.757. The number of nitrogens with one attached hydrogen (secondary N) is 1. The molecule has 0 aliphatic heterocycles. The number of carbonyl (C=O) groups is 2. The first kappa shape index (κ1) is 15.4. The third-order valence-corrected chi connectivity index (χ3v) is 3.90. The van der Waals surface area contributed by atoms with Crippen molar-refractivity contribution < 1.29 is 9.59 Å². The number of rotatable bonds is 4. The van der Waals surface area contributed by atoms with Crippen molar-refractivity contribution in [1.29, 1.82) is 0 Å². The summed E-state index contributed by atoms with van der Waals surface area (Å²) in [7, 11) is 0. The van der Waals surface area contributed by atoms with Crippen LogP contribution in [0.1, 0.15) is 17.6 Å². The molecule has 0 fully saturated rings. The van der Waals surface area contributed by atoms with Crippen LogP contribution in [0.2, 0.25) is 0 Å². The fraction of sp³-hybridized carbons (Fsp3) is 0.118. The Kier molecular flexibility index (Phi) is 4.52. The summed E-state index contributed by atoms with van der Waals surface area (Å²) < 4.78 is 2.42. The van der Waals surface area contributed by atoms with E-state index in [1.807, 2.05) is 30.3 Å². The lowest BCUT2D eigenvalue weighted by Gasteiger charge is -2.06. The number of fused-ring (bicyclic) bond motifs is 1. The second-order valence-corrected chi connectivity index (χ2v) is 5.96. The predicted molar refractivity (Wildman–Crippen MR) is 92.4 cm³/mol. The maximum Gasteiger partial charge on any atom is 0.231 e. The van der Waals surface area contributed by atoms with Crippen LogP contribution in [0, 0.1) is 0 Å². The number of carbonyl (C=O) groups excluding carboxylic acids is 2. The molecule has 116 valence electrons. The summed E-state index contributed by atoms with van der Waals surface area (Å²) in [6.07, 6.45) is 3.60. The van der Waals surface area contributed by atoms with Gasteiger partial charge in [-0.3, -0.25) is 14.2 Å². The van der Waals surface area contributed by atoms with Crippen LogP contribution < -0.4 is 5.32 Å². The molecule has 0 radical (unpaired) electrons. The smallest absolute Gasteiger partial charge is 0.231 e. The number of pyridine rings is 1. The topological polar surface area (TPSA) is 64.0 Å². The lowest BCUT2D eigenvalue weighted by molar-refractivity contribution is -0.116. The van der Waals surface area contributed by atoms with Crippen molar-refractivity contribution in [2.75, 3.05) is 5.32 Å². The van der Waals surface area contributed by atoms with Crippen LogP contribution in [0.15, 0.2) is 59.3 Å². The van der Waals surface area contributed by atoms with Crippen LogP contribution in [0.3, 0.4) is 0 Å². The molecule has 0 spiro atoms. The van der Waals surface area contributed by atoms with Crippen LogP contribution in [0.4, 0.5) is 5.82 Å². The summed E-state index contributed by atoms with van der Waals surface area (Å²) in [4.78, 5) is 28.3. The van der Waals surface area contributed by atoms with Gasteiger partial charge in [-0.05, 0) is 40.2 Å². The Balaban J connectivity index is 1.60. The molecule has 1 N–H and O–H groups in total. The number of anilines is 1. The summed E-state index contributed by atoms with van der Waals surface area (Å²) in [5.74, 6) is 0.131. The molecule has 1 amide bonds. The average Bonchev–Trinajstić information content (AvgIpc) is 2.99. The van der Waals surface area contributed by atoms with Crippen molar-refractivity contribution in [3.05, 3.63) is 59.3 Å². The largest absolute Gasteiger partial charge is 0.311 e. The van der Waals surface area contributed by atoms with E-state index in [1.165, 1.54) is 0 Å². The van der Waals surface area contributed by atoms with Crippen molar-refractivity contribution in [3.63, 3.8) is 0 Å². The highest BCUT2D eigenvalue weighted by molar-refractivity contribution is 9.10. The first-order chi connectivity index (χ1) is 11.1. The van der Waals surface area contributed by atoms with Gasteiger partial charge in [0.05, 0.1) is 5.52 Å². The Morgan fingerprint density at radius 3 is 2.70 bits per heavy atom. The summed E-state index contributed by atoms with van der Waals surface area (Å²) in [5, 5.41) is 3.68. The van der Waals surface area contributed by atoms with Crippen LogP contribution >= 0.6 is 15.9 Å². The maximum atomic E-state index is 12.3. The Labute approximate surface area is 141 Å². The van der Waals surface area contributed by atoms with E-state index in [9.17, 15) is 9.59 Å². The van der Waals surface area contributed by atoms with Gasteiger partial charge in [-0.1, -0.05) is 18.2 Å². The number of hydrogen-bond acceptors (Lipinski definition) is 3. The summed E-state index contributed by atoms with van der Waals surface area (Å²) in [6, 6.07) is 13.0. The van der Waals surface area contributed by atoms with Gasteiger partial charge in [0.25, 0.3) is 0 Å². The highest BCUT2D eigenvalue weighted by Gasteiger charge is 2.11. The number of nitrogens with zero attached hydrogens (tertiary/aromatic N) is 2. The van der Waals surface area contributed by atoms with E-state index in [4.69, 9.17) is 0 Å². The lowest BCUT2D eigenvalue weighted by Crippen LogP contribution is -2.16. The van der Waals surface area contributed by atoms with Crippen molar-refractivity contribution in [2.24, 2.45) is 0 Å². The van der Waals surface area contributed by atoms with Gasteiger partial charge in [-0.25, -0.2) is 4.98 Å². The number of benzene rings is 1. The molecule has 0 atom stereocenters. The molecule has 2 heterocycles. The first-order valence-corrected chi connectivity index (χ1v) is 7.93. The number of aromatic nitrogens is 2. The van der Waals surface area contributed by atoms with Crippen molar-refractivity contribution in [1.82, 2.24) is 9.55 Å². The molecular weight excluding hydrogens is 358 g/mol. The summed E-state index contributed by atoms with van der Waals surface area (Å²) >= 11 is 3.28. The number of para-hydroxylation sites is 1. The maximum absolute atomic E-state index is 12.3. The van der Waals surface area contributed by atoms with E-state index < -0.39 is 0 Å². The Morgan fingerprint density at radius 1 is 1.09 bits per heavy atom. The molecule has 5 nitrogen and oxygen atoms in total. The molecule has 0 aliphatic carbocycles. The van der Waals surface area contributed by atoms with Crippen LogP contribution in [0.25, 0.3) is 10.9 Å². The van der Waals surface area contributed by atoms with E-state index in [-0.39, 0.29) is 24.7 Å². The Bertz CT molecular complexity index is 856. The van der Waals surface area contributed by atoms with E-state index in [0.717, 1.165) is 15.4 Å². The molecule has 2 aromatic heterocycles. The molecule has 0 bridgehead atoms. The van der Waals surface area contributed by atoms with Gasteiger partial charge in [-0.2, -0.15) is 0 Å². The van der Waals surface area contributed by atoms with Gasteiger partial charge >= 0.3 is 0 Å².